The molecule has 1 aromatic heterocycles. The van der Waals surface area contributed by atoms with E-state index >= 15 is 0 Å². The quantitative estimate of drug-likeness (QED) is 0.567. The number of anilines is 2. The molecule has 3 rings (SSSR count). The van der Waals surface area contributed by atoms with Crippen LogP contribution in [0.25, 0.3) is 10.4 Å². The molecular formula is C21H19FN2O4S. The van der Waals surface area contributed by atoms with Crippen LogP contribution in [0.15, 0.2) is 54.6 Å². The van der Waals surface area contributed by atoms with Crippen LogP contribution in [-0.4, -0.2) is 25.7 Å². The van der Waals surface area contributed by atoms with E-state index in [1.165, 1.54) is 30.6 Å². The summed E-state index contributed by atoms with van der Waals surface area (Å²) in [5.74, 6) is -0.564. The highest BCUT2D eigenvalue weighted by atomic mass is 32.1. The van der Waals surface area contributed by atoms with Gasteiger partial charge in [-0.15, -0.1) is 11.3 Å². The van der Waals surface area contributed by atoms with Gasteiger partial charge in [0.2, 0.25) is 0 Å². The van der Waals surface area contributed by atoms with Crippen molar-refractivity contribution in [1.82, 2.24) is 0 Å². The summed E-state index contributed by atoms with van der Waals surface area (Å²) >= 11 is 1.30. The van der Waals surface area contributed by atoms with Crippen LogP contribution in [-0.2, 0) is 4.74 Å². The van der Waals surface area contributed by atoms with Crippen LogP contribution in [0, 0.1) is 5.82 Å². The molecule has 0 aliphatic rings. The molecule has 0 saturated heterocycles. The smallest absolute Gasteiger partial charge is 0.411 e. The van der Waals surface area contributed by atoms with Gasteiger partial charge in [-0.1, -0.05) is 30.3 Å². The van der Waals surface area contributed by atoms with Crippen molar-refractivity contribution in [2.45, 2.75) is 6.92 Å². The van der Waals surface area contributed by atoms with Crippen molar-refractivity contribution >= 4 is 34.7 Å². The van der Waals surface area contributed by atoms with Gasteiger partial charge in [-0.05, 0) is 36.8 Å². The van der Waals surface area contributed by atoms with Crippen molar-refractivity contribution in [3.05, 3.63) is 65.3 Å². The molecule has 0 saturated carbocycles. The fourth-order valence-electron chi connectivity index (χ4n) is 2.59. The van der Waals surface area contributed by atoms with Gasteiger partial charge < -0.3 is 14.8 Å². The van der Waals surface area contributed by atoms with Crippen LogP contribution in [0.1, 0.15) is 16.6 Å². The van der Waals surface area contributed by atoms with Crippen LogP contribution >= 0.6 is 11.3 Å². The molecule has 0 aliphatic heterocycles. The first-order chi connectivity index (χ1) is 14.0. The summed E-state index contributed by atoms with van der Waals surface area (Å²) < 4.78 is 24.0. The minimum Gasteiger partial charge on any atom is -0.492 e. The molecule has 6 nitrogen and oxygen atoms in total. The Balaban J connectivity index is 1.86. The molecule has 0 bridgehead atoms. The molecule has 0 unspecified atom stereocenters. The lowest BCUT2D eigenvalue weighted by atomic mass is 10.2. The molecule has 0 aliphatic carbocycles. The highest BCUT2D eigenvalue weighted by Crippen LogP contribution is 2.37. The Morgan fingerprint density at radius 3 is 2.52 bits per heavy atom. The Hall–Kier alpha value is -3.39. The summed E-state index contributed by atoms with van der Waals surface area (Å²) in [7, 11) is 1.18. The van der Waals surface area contributed by atoms with Crippen molar-refractivity contribution in [2.24, 2.45) is 0 Å². The summed E-state index contributed by atoms with van der Waals surface area (Å²) in [6.07, 6.45) is -0.809. The third-order valence-electron chi connectivity index (χ3n) is 3.91. The van der Waals surface area contributed by atoms with Gasteiger partial charge in [-0.3, -0.25) is 10.1 Å². The lowest BCUT2D eigenvalue weighted by molar-refractivity contribution is 0.102. The number of halogens is 1. The second-order valence-corrected chi connectivity index (χ2v) is 6.92. The second-order valence-electron chi connectivity index (χ2n) is 5.87. The van der Waals surface area contributed by atoms with E-state index in [1.807, 2.05) is 43.3 Å². The number of methoxy groups -OCH3 is 1. The molecule has 0 spiro atoms. The zero-order chi connectivity index (χ0) is 20.8. The molecule has 0 fully saturated rings. The average molecular weight is 414 g/mol. The number of carbonyl (C=O) groups is 2. The number of hydrogen-bond acceptors (Lipinski definition) is 5. The van der Waals surface area contributed by atoms with Crippen LogP contribution < -0.4 is 15.4 Å². The van der Waals surface area contributed by atoms with Crippen molar-refractivity contribution in [3.63, 3.8) is 0 Å². The Morgan fingerprint density at radius 2 is 1.83 bits per heavy atom. The number of ether oxygens (including phenoxy) is 2. The molecule has 2 aromatic carbocycles. The molecular weight excluding hydrogens is 395 g/mol. The number of carbonyl (C=O) groups excluding carboxylic acids is 2. The molecule has 1 heterocycles. The molecule has 3 aromatic rings. The van der Waals surface area contributed by atoms with Gasteiger partial charge in [0.1, 0.15) is 16.4 Å². The van der Waals surface area contributed by atoms with Crippen LogP contribution in [0.5, 0.6) is 5.75 Å². The molecule has 150 valence electrons. The minimum absolute atomic E-state index is 0.101. The largest absolute Gasteiger partial charge is 0.492 e. The van der Waals surface area contributed by atoms with Gasteiger partial charge in [-0.25, -0.2) is 9.18 Å². The van der Waals surface area contributed by atoms with Gasteiger partial charge in [-0.2, -0.15) is 0 Å². The Labute approximate surface area is 171 Å². The van der Waals surface area contributed by atoms with Gasteiger partial charge in [0, 0.05) is 10.6 Å². The predicted molar refractivity (Wildman–Crippen MR) is 111 cm³/mol. The normalized spacial score (nSPS) is 10.3. The maximum atomic E-state index is 13.9. The molecule has 8 heteroatoms. The number of hydrogen-bond donors (Lipinski definition) is 2. The fraction of sp³-hybridized carbons (Fsp3) is 0.143. The van der Waals surface area contributed by atoms with Crippen molar-refractivity contribution < 1.29 is 23.5 Å². The summed E-state index contributed by atoms with van der Waals surface area (Å²) in [5.41, 5.74) is 1.19. The maximum Gasteiger partial charge on any atom is 0.411 e. The highest BCUT2D eigenvalue weighted by Gasteiger charge is 2.19. The predicted octanol–water partition coefficient (Wildman–Crippen LogP) is 5.38. The van der Waals surface area contributed by atoms with Crippen molar-refractivity contribution in [3.8, 4) is 16.2 Å². The second kappa shape index (κ2) is 9.20. The highest BCUT2D eigenvalue weighted by molar-refractivity contribution is 7.17. The molecule has 2 N–H and O–H groups in total. The van der Waals surface area contributed by atoms with Gasteiger partial charge in [0.05, 0.1) is 19.4 Å². The van der Waals surface area contributed by atoms with E-state index in [0.717, 1.165) is 16.5 Å². The standard InChI is InChI=1S/C21H19FN2O4S/c1-3-28-17-12-18(13-7-5-4-6-8-13)29-19(17)20(25)23-14-9-10-15(22)16(11-14)24-21(26)27-2/h4-12H,3H2,1-2H3,(H,23,25)(H,24,26). The van der Waals surface area contributed by atoms with Gasteiger partial charge in [0.15, 0.2) is 0 Å². The van der Waals surface area contributed by atoms with Crippen molar-refractivity contribution in [2.75, 3.05) is 24.4 Å². The van der Waals surface area contributed by atoms with E-state index in [-0.39, 0.29) is 5.69 Å². The van der Waals surface area contributed by atoms with E-state index in [2.05, 4.69) is 15.4 Å². The topological polar surface area (TPSA) is 76.7 Å². The third-order valence-corrected chi connectivity index (χ3v) is 5.07. The first-order valence-electron chi connectivity index (χ1n) is 8.79. The number of rotatable bonds is 6. The molecule has 0 radical (unpaired) electrons. The Morgan fingerprint density at radius 1 is 1.07 bits per heavy atom. The number of nitrogens with one attached hydrogen (secondary N) is 2. The van der Waals surface area contributed by atoms with E-state index in [0.29, 0.717) is 22.9 Å². The maximum absolute atomic E-state index is 13.9. The van der Waals surface area contributed by atoms with Crippen LogP contribution in [0.4, 0.5) is 20.6 Å². The fourth-order valence-corrected chi connectivity index (χ4v) is 3.59. The molecule has 0 atom stereocenters. The average Bonchev–Trinajstić information content (AvgIpc) is 3.15. The van der Waals surface area contributed by atoms with E-state index in [4.69, 9.17) is 4.74 Å². The monoisotopic (exact) mass is 414 g/mol. The Bertz CT molecular complexity index is 1020. The van der Waals surface area contributed by atoms with Gasteiger partial charge in [0.25, 0.3) is 5.91 Å². The van der Waals surface area contributed by atoms with Crippen LogP contribution in [0.3, 0.4) is 0 Å². The summed E-state index contributed by atoms with van der Waals surface area (Å²) in [6, 6.07) is 15.4. The van der Waals surface area contributed by atoms with E-state index in [9.17, 15) is 14.0 Å². The zero-order valence-corrected chi connectivity index (χ0v) is 16.6. The summed E-state index contributed by atoms with van der Waals surface area (Å²) in [5, 5.41) is 4.97. The lowest BCUT2D eigenvalue weighted by Crippen LogP contribution is -2.14. The minimum atomic E-state index is -0.809. The molecule has 2 amide bonds. The van der Waals surface area contributed by atoms with Crippen LogP contribution in [0.2, 0.25) is 0 Å². The van der Waals surface area contributed by atoms with E-state index < -0.39 is 17.8 Å². The first-order valence-corrected chi connectivity index (χ1v) is 9.61. The third kappa shape index (κ3) is 4.91. The Kier molecular flexibility index (Phi) is 6.46. The summed E-state index contributed by atoms with van der Waals surface area (Å²) in [6.45, 7) is 2.25. The number of benzene rings is 2. The first kappa shape index (κ1) is 20.3. The lowest BCUT2D eigenvalue weighted by Gasteiger charge is -2.09. The SMILES string of the molecule is CCOc1cc(-c2ccccc2)sc1C(=O)Nc1ccc(F)c(NC(=O)OC)c1. The van der Waals surface area contributed by atoms with Gasteiger partial charge >= 0.3 is 6.09 Å². The zero-order valence-electron chi connectivity index (χ0n) is 15.8. The summed E-state index contributed by atoms with van der Waals surface area (Å²) in [4.78, 5) is 25.5. The molecule has 29 heavy (non-hydrogen) atoms. The number of thiophene rings is 1. The number of amides is 2. The van der Waals surface area contributed by atoms with Crippen molar-refractivity contribution in [1.29, 1.82) is 0 Å². The van der Waals surface area contributed by atoms with E-state index in [1.54, 1.807) is 0 Å².